The molecule has 9 heteroatoms. The highest BCUT2D eigenvalue weighted by Gasteiger charge is 2.30. The average Bonchev–Trinajstić information content (AvgIpc) is 3.32. The van der Waals surface area contributed by atoms with Crippen molar-refractivity contribution in [2.75, 3.05) is 0 Å². The molecule has 2 aromatic heterocycles. The molecule has 168 valence electrons. The molecule has 33 heavy (non-hydrogen) atoms. The number of hydrogen-bond acceptors (Lipinski definition) is 5. The SMILES string of the molecule is O=C(NCc1cccnc1)c1csc(-c2ccccc2OCc2cccc(C(F)(F)F)c2)n1. The fraction of sp³-hybridized carbons (Fsp3) is 0.125. The third-order valence-corrected chi connectivity index (χ3v) is 5.55. The van der Waals surface area contributed by atoms with Crippen LogP contribution in [0.1, 0.15) is 27.2 Å². The maximum absolute atomic E-state index is 13.0. The van der Waals surface area contributed by atoms with Crippen molar-refractivity contribution in [3.05, 3.63) is 101 Å². The number of ether oxygens (including phenoxy) is 1. The summed E-state index contributed by atoms with van der Waals surface area (Å²) in [5, 5.41) is 5.02. The van der Waals surface area contributed by atoms with Gasteiger partial charge in [-0.1, -0.05) is 30.3 Å². The Balaban J connectivity index is 1.46. The van der Waals surface area contributed by atoms with Crippen LogP contribution in [0, 0.1) is 0 Å². The van der Waals surface area contributed by atoms with E-state index in [9.17, 15) is 18.0 Å². The summed E-state index contributed by atoms with van der Waals surface area (Å²) < 4.78 is 44.7. The van der Waals surface area contributed by atoms with Gasteiger partial charge < -0.3 is 10.1 Å². The van der Waals surface area contributed by atoms with Gasteiger partial charge in [0.05, 0.1) is 11.1 Å². The van der Waals surface area contributed by atoms with Crippen molar-refractivity contribution in [3.63, 3.8) is 0 Å². The Morgan fingerprint density at radius 3 is 2.64 bits per heavy atom. The number of rotatable bonds is 7. The smallest absolute Gasteiger partial charge is 0.416 e. The van der Waals surface area contributed by atoms with Gasteiger partial charge in [0.1, 0.15) is 23.1 Å². The van der Waals surface area contributed by atoms with Crippen LogP contribution in [0.3, 0.4) is 0 Å². The van der Waals surface area contributed by atoms with Crippen LogP contribution >= 0.6 is 11.3 Å². The lowest BCUT2D eigenvalue weighted by Crippen LogP contribution is -2.23. The predicted molar refractivity (Wildman–Crippen MR) is 119 cm³/mol. The Labute approximate surface area is 191 Å². The third kappa shape index (κ3) is 5.75. The average molecular weight is 469 g/mol. The van der Waals surface area contributed by atoms with Crippen molar-refractivity contribution in [1.82, 2.24) is 15.3 Å². The van der Waals surface area contributed by atoms with Crippen LogP contribution in [0.5, 0.6) is 5.75 Å². The Morgan fingerprint density at radius 1 is 1.03 bits per heavy atom. The Bertz CT molecular complexity index is 1240. The summed E-state index contributed by atoms with van der Waals surface area (Å²) in [5.41, 5.74) is 1.47. The zero-order valence-electron chi connectivity index (χ0n) is 17.2. The molecular weight excluding hydrogens is 451 g/mol. The van der Waals surface area contributed by atoms with Crippen LogP contribution in [0.25, 0.3) is 10.6 Å². The number of pyridine rings is 1. The van der Waals surface area contributed by atoms with Gasteiger partial charge in [-0.25, -0.2) is 4.98 Å². The van der Waals surface area contributed by atoms with Crippen LogP contribution in [-0.2, 0) is 19.3 Å². The van der Waals surface area contributed by atoms with E-state index in [0.29, 0.717) is 28.4 Å². The largest absolute Gasteiger partial charge is 0.488 e. The van der Waals surface area contributed by atoms with Gasteiger partial charge in [-0.05, 0) is 41.5 Å². The van der Waals surface area contributed by atoms with Gasteiger partial charge in [-0.2, -0.15) is 13.2 Å². The van der Waals surface area contributed by atoms with E-state index in [-0.39, 0.29) is 18.2 Å². The molecule has 4 rings (SSSR count). The molecule has 2 aromatic carbocycles. The van der Waals surface area contributed by atoms with Crippen molar-refractivity contribution in [1.29, 1.82) is 0 Å². The molecule has 0 atom stereocenters. The summed E-state index contributed by atoms with van der Waals surface area (Å²) in [6, 6.07) is 15.7. The van der Waals surface area contributed by atoms with E-state index in [2.05, 4.69) is 15.3 Å². The van der Waals surface area contributed by atoms with Gasteiger partial charge in [0.15, 0.2) is 0 Å². The van der Waals surface area contributed by atoms with Crippen molar-refractivity contribution in [2.45, 2.75) is 19.3 Å². The lowest BCUT2D eigenvalue weighted by atomic mass is 10.1. The number of benzene rings is 2. The number of hydrogen-bond donors (Lipinski definition) is 1. The number of alkyl halides is 3. The van der Waals surface area contributed by atoms with Crippen LogP contribution < -0.4 is 10.1 Å². The molecule has 0 aliphatic carbocycles. The summed E-state index contributed by atoms with van der Waals surface area (Å²) in [6.07, 6.45) is -1.09. The number of amides is 1. The van der Waals surface area contributed by atoms with E-state index in [0.717, 1.165) is 17.7 Å². The third-order valence-electron chi connectivity index (χ3n) is 4.68. The number of halogens is 3. The zero-order valence-corrected chi connectivity index (χ0v) is 18.0. The first-order valence-corrected chi connectivity index (χ1v) is 10.8. The van der Waals surface area contributed by atoms with E-state index in [1.165, 1.54) is 17.4 Å². The Morgan fingerprint density at radius 2 is 1.85 bits per heavy atom. The monoisotopic (exact) mass is 469 g/mol. The second-order valence-electron chi connectivity index (χ2n) is 7.06. The second-order valence-corrected chi connectivity index (χ2v) is 7.92. The molecule has 1 amide bonds. The fourth-order valence-electron chi connectivity index (χ4n) is 3.05. The molecule has 0 bridgehead atoms. The number of carbonyl (C=O) groups excluding carboxylic acids is 1. The van der Waals surface area contributed by atoms with E-state index in [1.807, 2.05) is 6.07 Å². The van der Waals surface area contributed by atoms with Gasteiger partial charge in [0.25, 0.3) is 5.91 Å². The number of nitrogens with one attached hydrogen (secondary N) is 1. The molecule has 0 spiro atoms. The second kappa shape index (κ2) is 9.83. The molecule has 5 nitrogen and oxygen atoms in total. The lowest BCUT2D eigenvalue weighted by molar-refractivity contribution is -0.137. The quantitative estimate of drug-likeness (QED) is 0.375. The normalized spacial score (nSPS) is 11.2. The molecule has 0 saturated carbocycles. The number of carbonyl (C=O) groups is 1. The molecule has 0 unspecified atom stereocenters. The highest BCUT2D eigenvalue weighted by atomic mass is 32.1. The molecule has 0 fully saturated rings. The first-order valence-electron chi connectivity index (χ1n) is 9.91. The molecule has 0 aliphatic rings. The van der Waals surface area contributed by atoms with Gasteiger partial charge in [-0.15, -0.1) is 11.3 Å². The maximum Gasteiger partial charge on any atom is 0.416 e. The number of thiazole rings is 1. The van der Waals surface area contributed by atoms with Crippen molar-refractivity contribution in [2.24, 2.45) is 0 Å². The van der Waals surface area contributed by atoms with Gasteiger partial charge in [0, 0.05) is 24.3 Å². The minimum atomic E-state index is -4.41. The Kier molecular flexibility index (Phi) is 6.69. The summed E-state index contributed by atoms with van der Waals surface area (Å²) in [5.74, 6) is 0.148. The van der Waals surface area contributed by atoms with Crippen LogP contribution in [0.4, 0.5) is 13.2 Å². The van der Waals surface area contributed by atoms with Gasteiger partial charge in [-0.3, -0.25) is 9.78 Å². The molecule has 1 N–H and O–H groups in total. The minimum Gasteiger partial charge on any atom is -0.488 e. The van der Waals surface area contributed by atoms with E-state index in [4.69, 9.17) is 4.74 Å². The molecule has 4 aromatic rings. The van der Waals surface area contributed by atoms with Gasteiger partial charge >= 0.3 is 6.18 Å². The summed E-state index contributed by atoms with van der Waals surface area (Å²) in [4.78, 5) is 20.9. The predicted octanol–water partition coefficient (Wildman–Crippen LogP) is 5.73. The number of nitrogens with zero attached hydrogens (tertiary/aromatic N) is 2. The van der Waals surface area contributed by atoms with Crippen molar-refractivity contribution < 1.29 is 22.7 Å². The van der Waals surface area contributed by atoms with E-state index in [1.54, 1.807) is 54.2 Å². The molecule has 0 aliphatic heterocycles. The Hall–Kier alpha value is -3.72. The van der Waals surface area contributed by atoms with Gasteiger partial charge in [0.2, 0.25) is 0 Å². The summed E-state index contributed by atoms with van der Waals surface area (Å²) in [7, 11) is 0. The lowest BCUT2D eigenvalue weighted by Gasteiger charge is -2.12. The van der Waals surface area contributed by atoms with E-state index >= 15 is 0 Å². The maximum atomic E-state index is 13.0. The fourth-order valence-corrected chi connectivity index (χ4v) is 3.87. The minimum absolute atomic E-state index is 0.0369. The van der Waals surface area contributed by atoms with Crippen molar-refractivity contribution in [3.8, 4) is 16.3 Å². The standard InChI is InChI=1S/C24H18F3N3O2S/c25-24(26,27)18-7-3-5-16(11-18)14-32-21-9-2-1-8-19(21)23-30-20(15-33-23)22(31)29-13-17-6-4-10-28-12-17/h1-12,15H,13-14H2,(H,29,31). The molecular formula is C24H18F3N3O2S. The molecule has 0 radical (unpaired) electrons. The van der Waals surface area contributed by atoms with Crippen LogP contribution in [-0.4, -0.2) is 15.9 Å². The van der Waals surface area contributed by atoms with Crippen molar-refractivity contribution >= 4 is 17.2 Å². The van der Waals surface area contributed by atoms with Crippen LogP contribution in [0.15, 0.2) is 78.4 Å². The topological polar surface area (TPSA) is 64.1 Å². The van der Waals surface area contributed by atoms with Crippen LogP contribution in [0.2, 0.25) is 0 Å². The summed E-state index contributed by atoms with van der Waals surface area (Å²) in [6.45, 7) is 0.293. The zero-order chi connectivity index (χ0) is 23.3. The first kappa shape index (κ1) is 22.5. The van der Waals surface area contributed by atoms with E-state index < -0.39 is 11.7 Å². The highest BCUT2D eigenvalue weighted by Crippen LogP contribution is 2.33. The highest BCUT2D eigenvalue weighted by molar-refractivity contribution is 7.13. The summed E-state index contributed by atoms with van der Waals surface area (Å²) >= 11 is 1.28. The number of aromatic nitrogens is 2. The molecule has 0 saturated heterocycles. The number of para-hydroxylation sites is 1. The molecule has 2 heterocycles. The first-order chi connectivity index (χ1) is 15.9.